The first-order valence-electron chi connectivity index (χ1n) is 8.53. The summed E-state index contributed by atoms with van der Waals surface area (Å²) < 4.78 is 10.8. The Bertz CT molecular complexity index is 858. The van der Waals surface area contributed by atoms with Crippen LogP contribution in [0, 0.1) is 32.1 Å². The Kier molecular flexibility index (Phi) is 6.57. The molecule has 0 aliphatic heterocycles. The van der Waals surface area contributed by atoms with E-state index in [1.165, 1.54) is 5.56 Å². The summed E-state index contributed by atoms with van der Waals surface area (Å²) >= 11 is 0. The second-order valence-corrected chi connectivity index (χ2v) is 6.13. The molecule has 26 heavy (non-hydrogen) atoms. The molecule has 0 N–H and O–H groups in total. The molecule has 0 amide bonds. The third kappa shape index (κ3) is 4.97. The fourth-order valence-corrected chi connectivity index (χ4v) is 2.52. The third-order valence-corrected chi connectivity index (χ3v) is 4.06. The van der Waals surface area contributed by atoms with E-state index in [9.17, 15) is 10.1 Å². The van der Waals surface area contributed by atoms with E-state index >= 15 is 0 Å². The zero-order valence-corrected chi connectivity index (χ0v) is 15.6. The van der Waals surface area contributed by atoms with Gasteiger partial charge in [-0.05, 0) is 74.2 Å². The van der Waals surface area contributed by atoms with Crippen LogP contribution in [0.15, 0.2) is 42.0 Å². The summed E-state index contributed by atoms with van der Waals surface area (Å²) in [5.74, 6) is 0.198. The van der Waals surface area contributed by atoms with Gasteiger partial charge in [0.25, 0.3) is 0 Å². The molecule has 2 rings (SSSR count). The average molecular weight is 349 g/mol. The van der Waals surface area contributed by atoms with Crippen LogP contribution in [0.5, 0.6) is 5.75 Å². The van der Waals surface area contributed by atoms with Gasteiger partial charge in [0, 0.05) is 0 Å². The minimum atomic E-state index is -0.604. The maximum Gasteiger partial charge on any atom is 0.348 e. The van der Waals surface area contributed by atoms with E-state index in [2.05, 4.69) is 0 Å². The number of benzene rings is 2. The van der Waals surface area contributed by atoms with Crippen molar-refractivity contribution in [2.24, 2.45) is 0 Å². The maximum absolute atomic E-state index is 11.8. The van der Waals surface area contributed by atoms with Gasteiger partial charge in [0.15, 0.2) is 0 Å². The highest BCUT2D eigenvalue weighted by atomic mass is 16.5. The van der Waals surface area contributed by atoms with Crippen molar-refractivity contribution in [2.75, 3.05) is 6.61 Å². The predicted molar refractivity (Wildman–Crippen MR) is 102 cm³/mol. The van der Waals surface area contributed by atoms with E-state index in [0.29, 0.717) is 6.61 Å². The van der Waals surface area contributed by atoms with Crippen LogP contribution in [0.2, 0.25) is 0 Å². The summed E-state index contributed by atoms with van der Waals surface area (Å²) in [7, 11) is 0. The molecule has 0 saturated carbocycles. The lowest BCUT2D eigenvalue weighted by atomic mass is 9.98. The quantitative estimate of drug-likeness (QED) is 0.432. The summed E-state index contributed by atoms with van der Waals surface area (Å²) in [5.41, 5.74) is 5.06. The van der Waals surface area contributed by atoms with Crippen molar-refractivity contribution in [2.45, 2.75) is 34.3 Å². The number of nitriles is 1. The number of hydrogen-bond acceptors (Lipinski definition) is 4. The molecule has 0 unspecified atom stereocenters. The van der Waals surface area contributed by atoms with Gasteiger partial charge in [-0.3, -0.25) is 0 Å². The molecule has 0 aliphatic rings. The Hall–Kier alpha value is -3.06. The van der Waals surface area contributed by atoms with Crippen molar-refractivity contribution >= 4 is 12.0 Å². The monoisotopic (exact) mass is 349 g/mol. The fourth-order valence-electron chi connectivity index (χ4n) is 2.52. The van der Waals surface area contributed by atoms with Gasteiger partial charge in [-0.25, -0.2) is 4.79 Å². The molecule has 0 saturated heterocycles. The topological polar surface area (TPSA) is 59.3 Å². The first kappa shape index (κ1) is 19.3. The number of aryl methyl sites for hydroxylation is 3. The van der Waals surface area contributed by atoms with E-state index < -0.39 is 5.97 Å². The molecule has 0 fully saturated rings. The molecule has 0 spiro atoms. The summed E-state index contributed by atoms with van der Waals surface area (Å²) in [6.45, 7) is 8.36. The van der Waals surface area contributed by atoms with Crippen molar-refractivity contribution in [3.8, 4) is 11.8 Å². The molecular formula is C22H23NO3. The standard InChI is InChI=1S/C22H23NO3/c1-5-25-22(24)19(13-23)11-18-12-20(17(4)10-16(18)3)14-26-21-8-6-15(2)7-9-21/h6-12H,5,14H2,1-4H3/b19-11-. The van der Waals surface area contributed by atoms with Gasteiger partial charge in [0.1, 0.15) is 24.0 Å². The number of carbonyl (C=O) groups is 1. The number of hydrogen-bond donors (Lipinski definition) is 0. The SMILES string of the molecule is CCOC(=O)/C(C#N)=C\c1cc(COc2ccc(C)cc2)c(C)cc1C. The van der Waals surface area contributed by atoms with Crippen LogP contribution in [0.1, 0.15) is 34.7 Å². The van der Waals surface area contributed by atoms with E-state index in [1.54, 1.807) is 13.0 Å². The van der Waals surface area contributed by atoms with Crippen molar-refractivity contribution in [1.29, 1.82) is 5.26 Å². The average Bonchev–Trinajstić information content (AvgIpc) is 2.61. The van der Waals surface area contributed by atoms with Crippen LogP contribution in [0.3, 0.4) is 0 Å². The Labute approximate surface area is 154 Å². The highest BCUT2D eigenvalue weighted by Crippen LogP contribution is 2.21. The van der Waals surface area contributed by atoms with Crippen LogP contribution in [0.25, 0.3) is 6.08 Å². The smallest absolute Gasteiger partial charge is 0.348 e. The normalized spacial score (nSPS) is 11.0. The van der Waals surface area contributed by atoms with E-state index in [4.69, 9.17) is 9.47 Å². The van der Waals surface area contributed by atoms with Crippen LogP contribution in [-0.2, 0) is 16.1 Å². The zero-order chi connectivity index (χ0) is 19.1. The predicted octanol–water partition coefficient (Wildman–Crippen LogP) is 4.66. The number of carbonyl (C=O) groups excluding carboxylic acids is 1. The lowest BCUT2D eigenvalue weighted by Gasteiger charge is -2.12. The van der Waals surface area contributed by atoms with E-state index in [-0.39, 0.29) is 12.2 Å². The molecule has 4 heteroatoms. The van der Waals surface area contributed by atoms with Crippen LogP contribution < -0.4 is 4.74 Å². The number of rotatable bonds is 6. The molecule has 2 aromatic carbocycles. The Balaban J connectivity index is 2.26. The van der Waals surface area contributed by atoms with Gasteiger partial charge in [-0.2, -0.15) is 5.26 Å². The van der Waals surface area contributed by atoms with Crippen molar-refractivity contribution in [3.63, 3.8) is 0 Å². The number of ether oxygens (including phenoxy) is 2. The van der Waals surface area contributed by atoms with E-state index in [0.717, 1.165) is 28.0 Å². The Morgan fingerprint density at radius 3 is 2.42 bits per heavy atom. The first-order chi connectivity index (χ1) is 12.4. The van der Waals surface area contributed by atoms with Crippen molar-refractivity contribution in [3.05, 3.63) is 69.8 Å². The summed E-state index contributed by atoms with van der Waals surface area (Å²) in [6.07, 6.45) is 1.57. The minimum absolute atomic E-state index is 0.00999. The van der Waals surface area contributed by atoms with Crippen molar-refractivity contribution < 1.29 is 14.3 Å². The molecule has 0 aliphatic carbocycles. The second-order valence-electron chi connectivity index (χ2n) is 6.13. The van der Waals surface area contributed by atoms with Gasteiger partial charge in [-0.1, -0.05) is 23.8 Å². The highest BCUT2D eigenvalue weighted by molar-refractivity contribution is 5.98. The largest absolute Gasteiger partial charge is 0.489 e. The maximum atomic E-state index is 11.8. The zero-order valence-electron chi connectivity index (χ0n) is 15.6. The molecule has 0 heterocycles. The minimum Gasteiger partial charge on any atom is -0.489 e. The van der Waals surface area contributed by atoms with Gasteiger partial charge in [-0.15, -0.1) is 0 Å². The van der Waals surface area contributed by atoms with E-state index in [1.807, 2.05) is 63.2 Å². The molecule has 4 nitrogen and oxygen atoms in total. The third-order valence-electron chi connectivity index (χ3n) is 4.06. The molecule has 0 atom stereocenters. The van der Waals surface area contributed by atoms with Crippen LogP contribution in [-0.4, -0.2) is 12.6 Å². The molecular weight excluding hydrogens is 326 g/mol. The summed E-state index contributed by atoms with van der Waals surface area (Å²) in [5, 5.41) is 9.23. The van der Waals surface area contributed by atoms with Gasteiger partial charge in [0.05, 0.1) is 6.61 Å². The van der Waals surface area contributed by atoms with Crippen LogP contribution >= 0.6 is 0 Å². The lowest BCUT2D eigenvalue weighted by molar-refractivity contribution is -0.137. The Morgan fingerprint density at radius 1 is 1.12 bits per heavy atom. The Morgan fingerprint density at radius 2 is 1.81 bits per heavy atom. The molecule has 0 aromatic heterocycles. The lowest BCUT2D eigenvalue weighted by Crippen LogP contribution is -2.06. The second kappa shape index (κ2) is 8.87. The summed E-state index contributed by atoms with van der Waals surface area (Å²) in [4.78, 5) is 11.8. The molecule has 0 bridgehead atoms. The molecule has 134 valence electrons. The highest BCUT2D eigenvalue weighted by Gasteiger charge is 2.12. The molecule has 2 aromatic rings. The molecule has 0 radical (unpaired) electrons. The van der Waals surface area contributed by atoms with Crippen molar-refractivity contribution in [1.82, 2.24) is 0 Å². The number of nitrogens with zero attached hydrogens (tertiary/aromatic N) is 1. The van der Waals surface area contributed by atoms with Gasteiger partial charge >= 0.3 is 5.97 Å². The fraction of sp³-hybridized carbons (Fsp3) is 0.273. The van der Waals surface area contributed by atoms with Crippen LogP contribution in [0.4, 0.5) is 0 Å². The number of esters is 1. The summed E-state index contributed by atoms with van der Waals surface area (Å²) in [6, 6.07) is 13.8. The van der Waals surface area contributed by atoms with Gasteiger partial charge < -0.3 is 9.47 Å². The first-order valence-corrected chi connectivity index (χ1v) is 8.53. The van der Waals surface area contributed by atoms with Gasteiger partial charge in [0.2, 0.25) is 0 Å².